The standard InChI is InChI=1S/C15H27N3/c1-2-16-11-7-8-14-12-17-18(13-14)15-9-5-3-4-6-10-15/h12-13,15-16H,2-11H2,1H3. The highest BCUT2D eigenvalue weighted by atomic mass is 15.3. The van der Waals surface area contributed by atoms with Gasteiger partial charge >= 0.3 is 0 Å². The van der Waals surface area contributed by atoms with Crippen molar-refractivity contribution >= 4 is 0 Å². The Morgan fingerprint density at radius 3 is 2.78 bits per heavy atom. The van der Waals surface area contributed by atoms with Crippen molar-refractivity contribution in [3.8, 4) is 0 Å². The Balaban J connectivity index is 1.81. The first-order valence-electron chi connectivity index (χ1n) is 7.64. The Kier molecular flexibility index (Phi) is 5.72. The van der Waals surface area contributed by atoms with Gasteiger partial charge in [-0.25, -0.2) is 0 Å². The second-order valence-electron chi connectivity index (χ2n) is 5.43. The van der Waals surface area contributed by atoms with Gasteiger partial charge in [0, 0.05) is 6.20 Å². The number of aromatic nitrogens is 2. The third kappa shape index (κ3) is 4.13. The van der Waals surface area contributed by atoms with Gasteiger partial charge in [-0.15, -0.1) is 0 Å². The predicted molar refractivity (Wildman–Crippen MR) is 75.8 cm³/mol. The van der Waals surface area contributed by atoms with Crippen LogP contribution in [-0.4, -0.2) is 22.9 Å². The molecule has 0 spiro atoms. The molecule has 3 nitrogen and oxygen atoms in total. The highest BCUT2D eigenvalue weighted by Gasteiger charge is 2.14. The summed E-state index contributed by atoms with van der Waals surface area (Å²) in [6, 6.07) is 0.662. The van der Waals surface area contributed by atoms with Gasteiger partial charge in [0.15, 0.2) is 0 Å². The van der Waals surface area contributed by atoms with Crippen molar-refractivity contribution in [1.82, 2.24) is 15.1 Å². The van der Waals surface area contributed by atoms with E-state index in [4.69, 9.17) is 0 Å². The van der Waals surface area contributed by atoms with Crippen LogP contribution in [0.3, 0.4) is 0 Å². The van der Waals surface area contributed by atoms with Crippen LogP contribution in [0.5, 0.6) is 0 Å². The number of aryl methyl sites for hydroxylation is 1. The largest absolute Gasteiger partial charge is 0.317 e. The van der Waals surface area contributed by atoms with Crippen molar-refractivity contribution in [2.24, 2.45) is 0 Å². The normalized spacial score (nSPS) is 17.8. The van der Waals surface area contributed by atoms with Gasteiger partial charge in [0.05, 0.1) is 12.2 Å². The number of hydrogen-bond acceptors (Lipinski definition) is 2. The lowest BCUT2D eigenvalue weighted by Gasteiger charge is -2.14. The molecule has 2 rings (SSSR count). The molecule has 1 aromatic heterocycles. The van der Waals surface area contributed by atoms with Gasteiger partial charge < -0.3 is 5.32 Å². The van der Waals surface area contributed by atoms with E-state index in [1.165, 1.54) is 50.5 Å². The van der Waals surface area contributed by atoms with E-state index in [0.29, 0.717) is 6.04 Å². The van der Waals surface area contributed by atoms with Gasteiger partial charge in [-0.2, -0.15) is 5.10 Å². The third-order valence-electron chi connectivity index (χ3n) is 3.92. The van der Waals surface area contributed by atoms with Gasteiger partial charge in [-0.1, -0.05) is 32.6 Å². The minimum absolute atomic E-state index is 0.662. The molecule has 3 heteroatoms. The molecule has 0 aliphatic heterocycles. The van der Waals surface area contributed by atoms with Gasteiger partial charge in [0.2, 0.25) is 0 Å². The molecule has 18 heavy (non-hydrogen) atoms. The lowest BCUT2D eigenvalue weighted by molar-refractivity contribution is 0.405. The van der Waals surface area contributed by atoms with Crippen LogP contribution in [0.25, 0.3) is 0 Å². The predicted octanol–water partition coefficient (Wildman–Crippen LogP) is 3.32. The van der Waals surface area contributed by atoms with Crippen LogP contribution in [0.4, 0.5) is 0 Å². The fourth-order valence-corrected chi connectivity index (χ4v) is 2.82. The van der Waals surface area contributed by atoms with Gasteiger partial charge in [0.1, 0.15) is 0 Å². The van der Waals surface area contributed by atoms with Crippen LogP contribution < -0.4 is 5.32 Å². The van der Waals surface area contributed by atoms with Crippen LogP contribution in [-0.2, 0) is 6.42 Å². The molecule has 1 heterocycles. The van der Waals surface area contributed by atoms with E-state index in [2.05, 4.69) is 34.4 Å². The molecule has 0 bridgehead atoms. The molecule has 1 aliphatic carbocycles. The monoisotopic (exact) mass is 249 g/mol. The summed E-state index contributed by atoms with van der Waals surface area (Å²) in [6.07, 6.45) is 14.9. The van der Waals surface area contributed by atoms with Crippen molar-refractivity contribution in [3.05, 3.63) is 18.0 Å². The van der Waals surface area contributed by atoms with Crippen LogP contribution in [0.2, 0.25) is 0 Å². The molecule has 1 saturated carbocycles. The van der Waals surface area contributed by atoms with Gasteiger partial charge in [-0.05, 0) is 44.3 Å². The van der Waals surface area contributed by atoms with Crippen molar-refractivity contribution < 1.29 is 0 Å². The molecule has 1 N–H and O–H groups in total. The molecule has 102 valence electrons. The minimum atomic E-state index is 0.662. The molecule has 0 saturated heterocycles. The SMILES string of the molecule is CCNCCCc1cnn(C2CCCCCC2)c1. The summed E-state index contributed by atoms with van der Waals surface area (Å²) in [5.74, 6) is 0. The van der Waals surface area contributed by atoms with Crippen LogP contribution in [0.1, 0.15) is 63.5 Å². The molecule has 0 unspecified atom stereocenters. The van der Waals surface area contributed by atoms with Crippen LogP contribution in [0, 0.1) is 0 Å². The summed E-state index contributed by atoms with van der Waals surface area (Å²) in [5.41, 5.74) is 1.40. The topological polar surface area (TPSA) is 29.9 Å². The summed E-state index contributed by atoms with van der Waals surface area (Å²) in [7, 11) is 0. The first-order valence-corrected chi connectivity index (χ1v) is 7.64. The van der Waals surface area contributed by atoms with E-state index in [1.807, 2.05) is 0 Å². The Bertz CT molecular complexity index is 324. The third-order valence-corrected chi connectivity index (χ3v) is 3.92. The molecule has 0 amide bonds. The zero-order valence-corrected chi connectivity index (χ0v) is 11.7. The highest BCUT2D eigenvalue weighted by Crippen LogP contribution is 2.26. The molecule has 1 aliphatic rings. The van der Waals surface area contributed by atoms with Crippen molar-refractivity contribution in [2.75, 3.05) is 13.1 Å². The quantitative estimate of drug-likeness (QED) is 0.619. The second kappa shape index (κ2) is 7.57. The van der Waals surface area contributed by atoms with Crippen LogP contribution in [0.15, 0.2) is 12.4 Å². The zero-order valence-electron chi connectivity index (χ0n) is 11.7. The van der Waals surface area contributed by atoms with E-state index in [9.17, 15) is 0 Å². The van der Waals surface area contributed by atoms with E-state index in [0.717, 1.165) is 19.5 Å². The molecular formula is C15H27N3. The van der Waals surface area contributed by atoms with Crippen LogP contribution >= 0.6 is 0 Å². The maximum Gasteiger partial charge on any atom is 0.0521 e. The van der Waals surface area contributed by atoms with E-state index < -0.39 is 0 Å². The fraction of sp³-hybridized carbons (Fsp3) is 0.800. The summed E-state index contributed by atoms with van der Waals surface area (Å²) in [5, 5.41) is 7.95. The summed E-state index contributed by atoms with van der Waals surface area (Å²) in [6.45, 7) is 4.34. The number of rotatable bonds is 6. The summed E-state index contributed by atoms with van der Waals surface area (Å²) in [4.78, 5) is 0. The zero-order chi connectivity index (χ0) is 12.6. The maximum atomic E-state index is 4.58. The Morgan fingerprint density at radius 1 is 1.28 bits per heavy atom. The lowest BCUT2D eigenvalue weighted by Crippen LogP contribution is -2.14. The smallest absolute Gasteiger partial charge is 0.0521 e. The Morgan fingerprint density at radius 2 is 2.06 bits per heavy atom. The van der Waals surface area contributed by atoms with E-state index in [1.54, 1.807) is 0 Å². The lowest BCUT2D eigenvalue weighted by atomic mass is 10.1. The van der Waals surface area contributed by atoms with Crippen molar-refractivity contribution in [1.29, 1.82) is 0 Å². The van der Waals surface area contributed by atoms with Gasteiger partial charge in [0.25, 0.3) is 0 Å². The maximum absolute atomic E-state index is 4.58. The molecule has 0 aromatic carbocycles. The minimum Gasteiger partial charge on any atom is -0.317 e. The molecule has 1 aromatic rings. The molecule has 0 radical (unpaired) electrons. The summed E-state index contributed by atoms with van der Waals surface area (Å²) >= 11 is 0. The van der Waals surface area contributed by atoms with E-state index >= 15 is 0 Å². The number of hydrogen-bond donors (Lipinski definition) is 1. The molecule has 0 atom stereocenters. The summed E-state index contributed by atoms with van der Waals surface area (Å²) < 4.78 is 2.23. The number of nitrogens with one attached hydrogen (secondary N) is 1. The fourth-order valence-electron chi connectivity index (χ4n) is 2.82. The van der Waals surface area contributed by atoms with E-state index in [-0.39, 0.29) is 0 Å². The molecule has 1 fully saturated rings. The Labute approximate surface area is 111 Å². The average molecular weight is 249 g/mol. The first kappa shape index (κ1) is 13.6. The van der Waals surface area contributed by atoms with Gasteiger partial charge in [-0.3, -0.25) is 4.68 Å². The second-order valence-corrected chi connectivity index (χ2v) is 5.43. The first-order chi connectivity index (χ1) is 8.90. The Hall–Kier alpha value is -0.830. The molecular weight excluding hydrogens is 222 g/mol. The highest BCUT2D eigenvalue weighted by molar-refractivity contribution is 5.04. The average Bonchev–Trinajstić information content (AvgIpc) is 2.69. The van der Waals surface area contributed by atoms with Crippen molar-refractivity contribution in [2.45, 2.75) is 64.3 Å². The number of nitrogens with zero attached hydrogens (tertiary/aromatic N) is 2. The van der Waals surface area contributed by atoms with Crippen molar-refractivity contribution in [3.63, 3.8) is 0 Å².